The van der Waals surface area contributed by atoms with Crippen LogP contribution in [-0.4, -0.2) is 25.2 Å². The van der Waals surface area contributed by atoms with Crippen LogP contribution in [0.2, 0.25) is 5.02 Å². The molecule has 0 amide bonds. The van der Waals surface area contributed by atoms with Gasteiger partial charge in [-0.2, -0.15) is 0 Å². The summed E-state index contributed by atoms with van der Waals surface area (Å²) in [5.74, 6) is 0.726. The van der Waals surface area contributed by atoms with Crippen LogP contribution in [0.25, 0.3) is 0 Å². The molecule has 2 nitrogen and oxygen atoms in total. The molecule has 1 fully saturated rings. The maximum atomic E-state index is 6.11. The lowest BCUT2D eigenvalue weighted by atomic mass is 9.98. The van der Waals surface area contributed by atoms with Crippen LogP contribution in [0.5, 0.6) is 0 Å². The van der Waals surface area contributed by atoms with Crippen molar-refractivity contribution in [1.29, 1.82) is 0 Å². The van der Waals surface area contributed by atoms with Gasteiger partial charge in [0.05, 0.1) is 5.02 Å². The minimum atomic E-state index is 0.562. The summed E-state index contributed by atoms with van der Waals surface area (Å²) in [5, 5.41) is 4.47. The number of piperazine rings is 1. The first kappa shape index (κ1) is 16.1. The largest absolute Gasteiger partial charge is 0.366 e. The van der Waals surface area contributed by atoms with Crippen molar-refractivity contribution in [3.8, 4) is 0 Å². The molecule has 1 saturated heterocycles. The van der Waals surface area contributed by atoms with E-state index >= 15 is 0 Å². The van der Waals surface area contributed by atoms with Gasteiger partial charge in [-0.15, -0.1) is 0 Å². The van der Waals surface area contributed by atoms with E-state index in [1.54, 1.807) is 0 Å². The second-order valence-corrected chi connectivity index (χ2v) is 7.31. The number of nitrogens with one attached hydrogen (secondary N) is 1. The van der Waals surface area contributed by atoms with Gasteiger partial charge >= 0.3 is 0 Å². The molecule has 2 unspecified atom stereocenters. The van der Waals surface area contributed by atoms with Gasteiger partial charge in [0.2, 0.25) is 0 Å². The first-order chi connectivity index (χ1) is 9.51. The summed E-state index contributed by atoms with van der Waals surface area (Å²) in [5.41, 5.74) is 1.27. The van der Waals surface area contributed by atoms with Crippen LogP contribution in [0.1, 0.15) is 33.6 Å². The van der Waals surface area contributed by atoms with Crippen molar-refractivity contribution in [2.24, 2.45) is 5.92 Å². The third-order valence-corrected chi connectivity index (χ3v) is 5.18. The van der Waals surface area contributed by atoms with Crippen LogP contribution in [0.3, 0.4) is 0 Å². The predicted octanol–water partition coefficient (Wildman–Crippen LogP) is 4.71. The summed E-state index contributed by atoms with van der Waals surface area (Å²) in [7, 11) is 0. The Morgan fingerprint density at radius 2 is 2.20 bits per heavy atom. The number of nitrogens with zero attached hydrogens (tertiary/aromatic N) is 1. The summed E-state index contributed by atoms with van der Waals surface area (Å²) in [6.45, 7) is 8.97. The van der Waals surface area contributed by atoms with Crippen LogP contribution in [0, 0.1) is 5.92 Å². The normalized spacial score (nSPS) is 23.4. The molecule has 20 heavy (non-hydrogen) atoms. The first-order valence-electron chi connectivity index (χ1n) is 7.46. The molecule has 0 aromatic heterocycles. The standard InChI is InChI=1S/C16H24BrClN2/c1-4-13-9-19-12(7-11(2)3)10-20(13)14-5-6-16(18)15(17)8-14/h5-6,8,11-13,19H,4,7,9-10H2,1-3H3. The van der Waals surface area contributed by atoms with E-state index in [4.69, 9.17) is 11.6 Å². The molecule has 0 spiro atoms. The van der Waals surface area contributed by atoms with Gasteiger partial charge in [-0.1, -0.05) is 32.4 Å². The minimum Gasteiger partial charge on any atom is -0.366 e. The van der Waals surface area contributed by atoms with Crippen molar-refractivity contribution in [2.75, 3.05) is 18.0 Å². The van der Waals surface area contributed by atoms with E-state index in [0.29, 0.717) is 12.1 Å². The van der Waals surface area contributed by atoms with Gasteiger partial charge in [-0.25, -0.2) is 0 Å². The molecule has 2 atom stereocenters. The van der Waals surface area contributed by atoms with E-state index < -0.39 is 0 Å². The maximum Gasteiger partial charge on any atom is 0.0549 e. The molecule has 1 aromatic rings. The van der Waals surface area contributed by atoms with Crippen LogP contribution in [-0.2, 0) is 0 Å². The SMILES string of the molecule is CCC1CNC(CC(C)C)CN1c1ccc(Cl)c(Br)c1. The minimum absolute atomic E-state index is 0.562. The molecule has 0 bridgehead atoms. The van der Waals surface area contributed by atoms with Crippen molar-refractivity contribution in [1.82, 2.24) is 5.32 Å². The van der Waals surface area contributed by atoms with Crippen molar-refractivity contribution in [3.05, 3.63) is 27.7 Å². The summed E-state index contributed by atoms with van der Waals surface area (Å²) in [6, 6.07) is 7.39. The molecule has 1 aliphatic heterocycles. The number of benzene rings is 1. The first-order valence-corrected chi connectivity index (χ1v) is 8.63. The van der Waals surface area contributed by atoms with E-state index in [2.05, 4.69) is 59.1 Å². The Hall–Kier alpha value is -0.250. The summed E-state index contributed by atoms with van der Waals surface area (Å²) < 4.78 is 0.977. The molecule has 1 heterocycles. The lowest BCUT2D eigenvalue weighted by molar-refractivity contribution is 0.343. The predicted molar refractivity (Wildman–Crippen MR) is 91.8 cm³/mol. The lowest BCUT2D eigenvalue weighted by Crippen LogP contribution is -2.56. The number of anilines is 1. The molecule has 0 radical (unpaired) electrons. The van der Waals surface area contributed by atoms with Gasteiger partial charge in [0.25, 0.3) is 0 Å². The molecule has 2 rings (SSSR count). The molecule has 1 aliphatic rings. The van der Waals surface area contributed by atoms with Crippen LogP contribution >= 0.6 is 27.5 Å². The van der Waals surface area contributed by atoms with Gasteiger partial charge in [-0.05, 0) is 52.9 Å². The Morgan fingerprint density at radius 3 is 2.80 bits per heavy atom. The monoisotopic (exact) mass is 358 g/mol. The molecule has 112 valence electrons. The zero-order valence-corrected chi connectivity index (χ0v) is 14.8. The number of rotatable bonds is 4. The molecular weight excluding hydrogens is 336 g/mol. The van der Waals surface area contributed by atoms with Gasteiger partial charge in [-0.3, -0.25) is 0 Å². The third-order valence-electron chi connectivity index (χ3n) is 3.96. The molecule has 0 aliphatic carbocycles. The average Bonchev–Trinajstić information content (AvgIpc) is 2.41. The van der Waals surface area contributed by atoms with Crippen molar-refractivity contribution >= 4 is 33.2 Å². The number of hydrogen-bond acceptors (Lipinski definition) is 2. The smallest absolute Gasteiger partial charge is 0.0549 e. The Labute approximate surface area is 136 Å². The van der Waals surface area contributed by atoms with E-state index in [1.807, 2.05) is 6.07 Å². The van der Waals surface area contributed by atoms with Gasteiger partial charge in [0, 0.05) is 35.3 Å². The fraction of sp³-hybridized carbons (Fsp3) is 0.625. The van der Waals surface area contributed by atoms with Crippen molar-refractivity contribution in [3.63, 3.8) is 0 Å². The Balaban J connectivity index is 2.17. The second-order valence-electron chi connectivity index (χ2n) is 6.05. The highest BCUT2D eigenvalue weighted by Gasteiger charge is 2.27. The maximum absolute atomic E-state index is 6.11. The van der Waals surface area contributed by atoms with Crippen molar-refractivity contribution < 1.29 is 0 Å². The van der Waals surface area contributed by atoms with Crippen LogP contribution in [0.4, 0.5) is 5.69 Å². The topological polar surface area (TPSA) is 15.3 Å². The van der Waals surface area contributed by atoms with Gasteiger partial charge < -0.3 is 10.2 Å². The average molecular weight is 360 g/mol. The molecule has 1 aromatic carbocycles. The Kier molecular flexibility index (Phi) is 5.76. The highest BCUT2D eigenvalue weighted by Crippen LogP contribution is 2.30. The summed E-state index contributed by atoms with van der Waals surface area (Å²) >= 11 is 9.65. The van der Waals surface area contributed by atoms with Crippen LogP contribution < -0.4 is 10.2 Å². The second kappa shape index (κ2) is 7.15. The lowest BCUT2D eigenvalue weighted by Gasteiger charge is -2.42. The number of halogens is 2. The molecule has 0 saturated carbocycles. The Bertz CT molecular complexity index is 450. The van der Waals surface area contributed by atoms with Crippen LogP contribution in [0.15, 0.2) is 22.7 Å². The van der Waals surface area contributed by atoms with Gasteiger partial charge in [0.1, 0.15) is 0 Å². The zero-order valence-electron chi connectivity index (χ0n) is 12.5. The fourth-order valence-corrected chi connectivity index (χ4v) is 3.42. The van der Waals surface area contributed by atoms with E-state index in [9.17, 15) is 0 Å². The molecular formula is C16H24BrClN2. The van der Waals surface area contributed by atoms with E-state index in [1.165, 1.54) is 12.1 Å². The summed E-state index contributed by atoms with van der Waals surface area (Å²) in [4.78, 5) is 2.53. The van der Waals surface area contributed by atoms with Crippen molar-refractivity contribution in [2.45, 2.75) is 45.7 Å². The summed E-state index contributed by atoms with van der Waals surface area (Å²) in [6.07, 6.45) is 2.38. The molecule has 1 N–H and O–H groups in total. The number of hydrogen-bond donors (Lipinski definition) is 1. The highest BCUT2D eigenvalue weighted by atomic mass is 79.9. The Morgan fingerprint density at radius 1 is 1.45 bits per heavy atom. The van der Waals surface area contributed by atoms with E-state index in [0.717, 1.165) is 34.9 Å². The highest BCUT2D eigenvalue weighted by molar-refractivity contribution is 9.10. The molecule has 4 heteroatoms. The van der Waals surface area contributed by atoms with Gasteiger partial charge in [0.15, 0.2) is 0 Å². The zero-order chi connectivity index (χ0) is 14.7. The fourth-order valence-electron chi connectivity index (χ4n) is 2.94. The van der Waals surface area contributed by atoms with E-state index in [-0.39, 0.29) is 0 Å². The third kappa shape index (κ3) is 3.90. The quantitative estimate of drug-likeness (QED) is 0.838.